The van der Waals surface area contributed by atoms with Gasteiger partial charge in [0.2, 0.25) is 0 Å². The van der Waals surface area contributed by atoms with E-state index in [-0.39, 0.29) is 12.8 Å². The summed E-state index contributed by atoms with van der Waals surface area (Å²) in [6.07, 6.45) is -2.53. The van der Waals surface area contributed by atoms with Gasteiger partial charge in [0, 0.05) is 6.42 Å². The zero-order valence-corrected chi connectivity index (χ0v) is 6.44. The molecular weight excluding hydrogens is 178 g/mol. The molecule has 66 valence electrons. The van der Waals surface area contributed by atoms with Gasteiger partial charge in [-0.25, -0.2) is 8.78 Å². The van der Waals surface area contributed by atoms with Crippen LogP contribution in [0.3, 0.4) is 0 Å². The fourth-order valence-corrected chi connectivity index (χ4v) is 2.03. The van der Waals surface area contributed by atoms with E-state index in [2.05, 4.69) is 0 Å². The monoisotopic (exact) mass is 186 g/mol. The lowest BCUT2D eigenvalue weighted by atomic mass is 10.3. The summed E-state index contributed by atoms with van der Waals surface area (Å²) in [4.78, 5) is 0. The molecule has 1 fully saturated rings. The molecule has 0 aromatic rings. The topological polar surface area (TPSA) is 54.4 Å². The largest absolute Gasteiger partial charge is 0.303 e. The molecule has 1 aliphatic rings. The molecule has 0 aromatic heterocycles. The molecule has 1 rings (SSSR count). The number of hydrogen-bond acceptors (Lipinski definition) is 2. The second-order valence-electron chi connectivity index (χ2n) is 2.62. The van der Waals surface area contributed by atoms with E-state index in [0.717, 1.165) is 0 Å². The molecule has 2 atom stereocenters. The maximum atomic E-state index is 13.0. The van der Waals surface area contributed by atoms with Gasteiger partial charge in [-0.05, 0) is 12.8 Å². The van der Waals surface area contributed by atoms with Crippen molar-refractivity contribution in [3.8, 4) is 0 Å². The molecule has 0 aliphatic heterocycles. The molecule has 0 spiro atoms. The van der Waals surface area contributed by atoms with Crippen molar-refractivity contribution < 1.29 is 21.8 Å². The van der Waals surface area contributed by atoms with Gasteiger partial charge < -0.3 is 0 Å². The smallest absolute Gasteiger partial charge is 0.283 e. The quantitative estimate of drug-likeness (QED) is 0.623. The van der Waals surface area contributed by atoms with Crippen LogP contribution < -0.4 is 0 Å². The van der Waals surface area contributed by atoms with Gasteiger partial charge in [-0.1, -0.05) is 0 Å². The zero-order valence-electron chi connectivity index (χ0n) is 5.63. The lowest BCUT2D eigenvalue weighted by molar-refractivity contribution is 0.144. The lowest BCUT2D eigenvalue weighted by Gasteiger charge is -2.17. The Morgan fingerprint density at radius 3 is 2.27 bits per heavy atom. The highest BCUT2D eigenvalue weighted by molar-refractivity contribution is 7.87. The van der Waals surface area contributed by atoms with Crippen molar-refractivity contribution in [3.63, 3.8) is 0 Å². The van der Waals surface area contributed by atoms with E-state index in [1.54, 1.807) is 0 Å². The molecule has 11 heavy (non-hydrogen) atoms. The Bertz CT molecular complexity index is 250. The first-order chi connectivity index (χ1) is 4.88. The number of alkyl halides is 2. The Hall–Kier alpha value is -0.230. The van der Waals surface area contributed by atoms with Crippen LogP contribution in [0.5, 0.6) is 0 Å². The Morgan fingerprint density at radius 2 is 2.09 bits per heavy atom. The molecule has 0 aromatic carbocycles. The molecule has 3 nitrogen and oxygen atoms in total. The highest BCUT2D eigenvalue weighted by Crippen LogP contribution is 2.39. The Kier molecular flexibility index (Phi) is 1.92. The minimum atomic E-state index is -4.89. The molecule has 1 aliphatic carbocycles. The molecule has 0 saturated heterocycles. The third-order valence-corrected chi connectivity index (χ3v) is 3.19. The maximum Gasteiger partial charge on any atom is 0.303 e. The van der Waals surface area contributed by atoms with Gasteiger partial charge in [0.15, 0.2) is 6.17 Å². The van der Waals surface area contributed by atoms with E-state index in [1.807, 2.05) is 0 Å². The molecule has 0 bridgehead atoms. The predicted molar refractivity (Wildman–Crippen MR) is 34.1 cm³/mol. The van der Waals surface area contributed by atoms with Crippen molar-refractivity contribution in [2.24, 2.45) is 0 Å². The van der Waals surface area contributed by atoms with Gasteiger partial charge in [0.25, 0.3) is 5.00 Å². The van der Waals surface area contributed by atoms with E-state index in [4.69, 9.17) is 4.55 Å². The summed E-state index contributed by atoms with van der Waals surface area (Å²) in [7, 11) is -4.89. The average molecular weight is 186 g/mol. The molecule has 0 amide bonds. The van der Waals surface area contributed by atoms with Crippen LogP contribution in [0.1, 0.15) is 19.3 Å². The van der Waals surface area contributed by atoms with E-state index < -0.39 is 27.7 Å². The Labute approximate surface area is 63.2 Å². The maximum absolute atomic E-state index is 13.0. The van der Waals surface area contributed by atoms with Crippen molar-refractivity contribution in [2.75, 3.05) is 0 Å². The van der Waals surface area contributed by atoms with E-state index in [9.17, 15) is 17.2 Å². The lowest BCUT2D eigenvalue weighted by Crippen LogP contribution is -2.38. The van der Waals surface area contributed by atoms with Crippen LogP contribution in [0.4, 0.5) is 8.78 Å². The zero-order chi connectivity index (χ0) is 8.70. The fraction of sp³-hybridized carbons (Fsp3) is 1.00. The van der Waals surface area contributed by atoms with Crippen LogP contribution in [0.25, 0.3) is 0 Å². The van der Waals surface area contributed by atoms with Gasteiger partial charge in [0.05, 0.1) is 0 Å². The van der Waals surface area contributed by atoms with Crippen LogP contribution in [-0.2, 0) is 10.1 Å². The molecular formula is C5H8F2O3S. The van der Waals surface area contributed by atoms with E-state index >= 15 is 0 Å². The predicted octanol–water partition coefficient (Wildman–Crippen LogP) is 1.06. The van der Waals surface area contributed by atoms with Gasteiger partial charge in [0.1, 0.15) is 0 Å². The van der Waals surface area contributed by atoms with Crippen molar-refractivity contribution in [1.82, 2.24) is 0 Å². The summed E-state index contributed by atoms with van der Waals surface area (Å²) >= 11 is 0. The van der Waals surface area contributed by atoms with Crippen molar-refractivity contribution in [2.45, 2.75) is 30.4 Å². The Balaban J connectivity index is 3.00. The van der Waals surface area contributed by atoms with Crippen LogP contribution >= 0.6 is 0 Å². The standard InChI is InChI=1S/C5H8F2O3S/c6-4-2-1-3-5(4,7)11(8,9)10/h4H,1-3H2,(H,8,9,10). The first-order valence-electron chi connectivity index (χ1n) is 3.18. The van der Waals surface area contributed by atoms with Crippen LogP contribution in [0.2, 0.25) is 0 Å². The molecule has 0 heterocycles. The van der Waals surface area contributed by atoms with E-state index in [1.165, 1.54) is 0 Å². The molecule has 6 heteroatoms. The first-order valence-corrected chi connectivity index (χ1v) is 4.62. The average Bonchev–Trinajstić information content (AvgIpc) is 2.12. The second-order valence-corrected chi connectivity index (χ2v) is 4.25. The summed E-state index contributed by atoms with van der Waals surface area (Å²) in [5, 5.41) is -3.05. The summed E-state index contributed by atoms with van der Waals surface area (Å²) in [6, 6.07) is 0. The summed E-state index contributed by atoms with van der Waals surface area (Å²) < 4.78 is 54.5. The normalized spacial score (nSPS) is 39.4. The number of hydrogen-bond donors (Lipinski definition) is 1. The van der Waals surface area contributed by atoms with Crippen LogP contribution in [0, 0.1) is 0 Å². The van der Waals surface area contributed by atoms with E-state index in [0.29, 0.717) is 0 Å². The third kappa shape index (κ3) is 1.24. The van der Waals surface area contributed by atoms with Gasteiger partial charge in [-0.15, -0.1) is 0 Å². The molecule has 1 saturated carbocycles. The summed E-state index contributed by atoms with van der Waals surface area (Å²) in [5.74, 6) is 0. The number of rotatable bonds is 1. The molecule has 2 unspecified atom stereocenters. The molecule has 1 N–H and O–H groups in total. The summed E-state index contributed by atoms with van der Waals surface area (Å²) in [6.45, 7) is 0. The highest BCUT2D eigenvalue weighted by Gasteiger charge is 2.54. The van der Waals surface area contributed by atoms with Gasteiger partial charge in [-0.3, -0.25) is 4.55 Å². The third-order valence-electron chi connectivity index (χ3n) is 1.87. The summed E-state index contributed by atoms with van der Waals surface area (Å²) in [5.41, 5.74) is 0. The highest BCUT2D eigenvalue weighted by atomic mass is 32.2. The fourth-order valence-electron chi connectivity index (χ4n) is 1.19. The van der Waals surface area contributed by atoms with Crippen molar-refractivity contribution >= 4 is 10.1 Å². The Morgan fingerprint density at radius 1 is 1.55 bits per heavy atom. The van der Waals surface area contributed by atoms with Crippen molar-refractivity contribution in [1.29, 1.82) is 0 Å². The minimum Gasteiger partial charge on any atom is -0.283 e. The number of halogens is 2. The minimum absolute atomic E-state index is 0.143. The van der Waals surface area contributed by atoms with Crippen LogP contribution in [-0.4, -0.2) is 24.1 Å². The van der Waals surface area contributed by atoms with Gasteiger partial charge in [-0.2, -0.15) is 8.42 Å². The van der Waals surface area contributed by atoms with Crippen LogP contribution in [0.15, 0.2) is 0 Å². The van der Waals surface area contributed by atoms with Crippen molar-refractivity contribution in [3.05, 3.63) is 0 Å². The SMILES string of the molecule is O=S(=O)(O)C1(F)CCCC1F. The van der Waals surface area contributed by atoms with Gasteiger partial charge >= 0.3 is 10.1 Å². The first kappa shape index (κ1) is 8.86. The molecule has 0 radical (unpaired) electrons. The second kappa shape index (κ2) is 2.38.